The Kier molecular flexibility index (Phi) is 6.63. The number of nitrogens with zero attached hydrogens (tertiary/aromatic N) is 2. The minimum absolute atomic E-state index is 0.0328. The maximum Gasteiger partial charge on any atom is 0.254 e. The van der Waals surface area contributed by atoms with Gasteiger partial charge in [0, 0.05) is 40.9 Å². The van der Waals surface area contributed by atoms with E-state index in [-0.39, 0.29) is 22.9 Å². The molecule has 6 nitrogen and oxygen atoms in total. The highest BCUT2D eigenvalue weighted by molar-refractivity contribution is 6.22. The Morgan fingerprint density at radius 1 is 1.21 bits per heavy atom. The summed E-state index contributed by atoms with van der Waals surface area (Å²) in [4.78, 5) is 18.0. The van der Waals surface area contributed by atoms with Gasteiger partial charge in [-0.15, -0.1) is 0 Å². The van der Waals surface area contributed by atoms with Crippen molar-refractivity contribution in [3.8, 4) is 5.75 Å². The van der Waals surface area contributed by atoms with Gasteiger partial charge in [0.05, 0.1) is 24.9 Å². The number of methoxy groups -OCH3 is 1. The van der Waals surface area contributed by atoms with Crippen molar-refractivity contribution >= 4 is 22.2 Å². The summed E-state index contributed by atoms with van der Waals surface area (Å²) in [5, 5.41) is 19.4. The first kappa shape index (κ1) is 22.8. The van der Waals surface area contributed by atoms with Gasteiger partial charge in [-0.1, -0.05) is 25.3 Å². The number of allylic oxidation sites excluding steroid dienone is 2. The highest BCUT2D eigenvalue weighted by Gasteiger charge is 2.23. The Balaban J connectivity index is 2.00. The van der Waals surface area contributed by atoms with Crippen LogP contribution in [0.3, 0.4) is 0 Å². The van der Waals surface area contributed by atoms with Gasteiger partial charge in [0.1, 0.15) is 5.75 Å². The van der Waals surface area contributed by atoms with Crippen LogP contribution in [0.2, 0.25) is 0 Å². The Morgan fingerprint density at radius 3 is 2.58 bits per heavy atom. The molecule has 1 aliphatic rings. The lowest BCUT2D eigenvalue weighted by Gasteiger charge is -2.24. The molecule has 0 amide bonds. The zero-order chi connectivity index (χ0) is 23.5. The lowest BCUT2D eigenvalue weighted by atomic mass is 9.84. The Labute approximate surface area is 194 Å². The second-order valence-electron chi connectivity index (χ2n) is 8.88. The van der Waals surface area contributed by atoms with Crippen molar-refractivity contribution in [1.82, 2.24) is 9.55 Å². The second-order valence-corrected chi connectivity index (χ2v) is 8.88. The molecule has 1 aliphatic carbocycles. The SMILES string of the molecule is COc1cc2c(cc1/C(C(C)=N)=C(\C)O)cc(C1CCCCC1)c(=O)n2Cc1cccnc1. The predicted molar refractivity (Wildman–Crippen MR) is 133 cm³/mol. The third-order valence-electron chi connectivity index (χ3n) is 6.56. The van der Waals surface area contributed by atoms with E-state index in [9.17, 15) is 9.90 Å². The number of pyridine rings is 2. The van der Waals surface area contributed by atoms with E-state index in [1.807, 2.05) is 34.9 Å². The van der Waals surface area contributed by atoms with Crippen LogP contribution in [-0.2, 0) is 6.54 Å². The molecule has 2 N–H and O–H groups in total. The summed E-state index contributed by atoms with van der Waals surface area (Å²) in [6, 6.07) is 9.64. The molecule has 0 spiro atoms. The van der Waals surface area contributed by atoms with Crippen molar-refractivity contribution in [2.45, 2.75) is 58.4 Å². The molecule has 1 fully saturated rings. The molecule has 33 heavy (non-hydrogen) atoms. The molecule has 4 rings (SSSR count). The van der Waals surface area contributed by atoms with Gasteiger partial charge in [-0.05, 0) is 61.8 Å². The molecule has 0 radical (unpaired) electrons. The zero-order valence-corrected chi connectivity index (χ0v) is 19.5. The maximum absolute atomic E-state index is 13.7. The molecule has 6 heteroatoms. The van der Waals surface area contributed by atoms with E-state index in [0.717, 1.165) is 47.7 Å². The summed E-state index contributed by atoms with van der Waals surface area (Å²) >= 11 is 0. The lowest BCUT2D eigenvalue weighted by Crippen LogP contribution is -2.27. The first-order valence-corrected chi connectivity index (χ1v) is 11.5. The topological polar surface area (TPSA) is 88.2 Å². The minimum atomic E-state index is 0.0328. The summed E-state index contributed by atoms with van der Waals surface area (Å²) in [5.41, 5.74) is 3.94. The van der Waals surface area contributed by atoms with Crippen molar-refractivity contribution in [3.05, 3.63) is 75.5 Å². The van der Waals surface area contributed by atoms with Crippen LogP contribution in [0.25, 0.3) is 16.5 Å². The van der Waals surface area contributed by atoms with E-state index in [1.54, 1.807) is 33.4 Å². The van der Waals surface area contributed by atoms with Crippen LogP contribution < -0.4 is 10.3 Å². The number of aliphatic hydroxyl groups is 1. The summed E-state index contributed by atoms with van der Waals surface area (Å²) < 4.78 is 7.47. The lowest BCUT2D eigenvalue weighted by molar-refractivity contribution is 0.409. The summed E-state index contributed by atoms with van der Waals surface area (Å²) in [7, 11) is 1.56. The van der Waals surface area contributed by atoms with Gasteiger partial charge in [-0.2, -0.15) is 0 Å². The number of fused-ring (bicyclic) bond motifs is 1. The van der Waals surface area contributed by atoms with Crippen LogP contribution in [0.5, 0.6) is 5.75 Å². The third kappa shape index (κ3) is 4.56. The van der Waals surface area contributed by atoms with Crippen LogP contribution in [0, 0.1) is 5.41 Å². The molecule has 2 heterocycles. The Bertz CT molecular complexity index is 1270. The number of aromatic nitrogens is 2. The van der Waals surface area contributed by atoms with Crippen molar-refractivity contribution in [1.29, 1.82) is 5.41 Å². The van der Waals surface area contributed by atoms with Crippen LogP contribution >= 0.6 is 0 Å². The molecule has 0 aliphatic heterocycles. The normalized spacial score (nSPS) is 15.4. The van der Waals surface area contributed by atoms with E-state index in [4.69, 9.17) is 10.1 Å². The van der Waals surface area contributed by atoms with E-state index in [0.29, 0.717) is 23.4 Å². The number of hydrogen-bond acceptors (Lipinski definition) is 5. The average molecular weight is 446 g/mol. The van der Waals surface area contributed by atoms with Crippen LogP contribution in [0.15, 0.2) is 53.3 Å². The minimum Gasteiger partial charge on any atom is -0.512 e. The summed E-state index contributed by atoms with van der Waals surface area (Å²) in [5.74, 6) is 0.832. The Morgan fingerprint density at radius 2 is 1.97 bits per heavy atom. The molecule has 0 bridgehead atoms. The molecule has 2 aromatic heterocycles. The molecule has 1 saturated carbocycles. The first-order chi connectivity index (χ1) is 15.9. The van der Waals surface area contributed by atoms with Crippen LogP contribution in [0.4, 0.5) is 0 Å². The molecule has 172 valence electrons. The van der Waals surface area contributed by atoms with Gasteiger partial charge in [0.15, 0.2) is 0 Å². The number of aliphatic hydroxyl groups excluding tert-OH is 1. The molecule has 1 aromatic carbocycles. The number of rotatable bonds is 6. The van der Waals surface area contributed by atoms with Crippen molar-refractivity contribution in [3.63, 3.8) is 0 Å². The number of benzene rings is 1. The van der Waals surface area contributed by atoms with Crippen LogP contribution in [-0.4, -0.2) is 27.5 Å². The van der Waals surface area contributed by atoms with Gasteiger partial charge < -0.3 is 19.8 Å². The maximum atomic E-state index is 13.7. The van der Waals surface area contributed by atoms with Crippen molar-refractivity contribution < 1.29 is 9.84 Å². The first-order valence-electron chi connectivity index (χ1n) is 11.5. The molecular formula is C27H31N3O3. The van der Waals surface area contributed by atoms with Crippen molar-refractivity contribution in [2.24, 2.45) is 0 Å². The van der Waals surface area contributed by atoms with Crippen molar-refractivity contribution in [2.75, 3.05) is 7.11 Å². The quantitative estimate of drug-likeness (QED) is 0.369. The number of nitrogens with one attached hydrogen (secondary N) is 1. The van der Waals surface area contributed by atoms with Crippen LogP contribution in [0.1, 0.15) is 68.6 Å². The largest absolute Gasteiger partial charge is 0.512 e. The fourth-order valence-electron chi connectivity index (χ4n) is 5.00. The van der Waals surface area contributed by atoms with E-state index in [1.165, 1.54) is 6.42 Å². The highest BCUT2D eigenvalue weighted by Crippen LogP contribution is 2.36. The number of hydrogen-bond donors (Lipinski definition) is 2. The van der Waals surface area contributed by atoms with Gasteiger partial charge in [0.2, 0.25) is 0 Å². The molecule has 0 saturated heterocycles. The van der Waals surface area contributed by atoms with Gasteiger partial charge in [-0.25, -0.2) is 0 Å². The fourth-order valence-corrected chi connectivity index (χ4v) is 5.00. The predicted octanol–water partition coefficient (Wildman–Crippen LogP) is 5.83. The molecule has 0 unspecified atom stereocenters. The summed E-state index contributed by atoms with van der Waals surface area (Å²) in [6.45, 7) is 3.64. The van der Waals surface area contributed by atoms with Gasteiger partial charge >= 0.3 is 0 Å². The molecule has 3 aromatic rings. The molecule has 0 atom stereocenters. The van der Waals surface area contributed by atoms with E-state index in [2.05, 4.69) is 4.98 Å². The average Bonchev–Trinajstić information content (AvgIpc) is 2.81. The van der Waals surface area contributed by atoms with E-state index < -0.39 is 0 Å². The highest BCUT2D eigenvalue weighted by atomic mass is 16.5. The Hall–Kier alpha value is -3.41. The standard InChI is InChI=1S/C27H31N3O3/c1-17(28)26(18(2)31)23-13-21-12-22(20-9-5-4-6-10-20)27(32)30(24(21)14-25(23)33-3)16-19-8-7-11-29-15-19/h7-8,11-15,20,28,31H,4-6,9-10,16H2,1-3H3/b26-18+,28-17?. The molecular weight excluding hydrogens is 414 g/mol. The third-order valence-corrected chi connectivity index (χ3v) is 6.56. The van der Waals surface area contributed by atoms with Gasteiger partial charge in [-0.3, -0.25) is 9.78 Å². The smallest absolute Gasteiger partial charge is 0.254 e. The number of ether oxygens (including phenoxy) is 1. The van der Waals surface area contributed by atoms with Gasteiger partial charge in [0.25, 0.3) is 5.56 Å². The second kappa shape index (κ2) is 9.61. The zero-order valence-electron chi connectivity index (χ0n) is 19.5. The summed E-state index contributed by atoms with van der Waals surface area (Å²) in [6.07, 6.45) is 9.06. The fraction of sp³-hybridized carbons (Fsp3) is 0.370. The monoisotopic (exact) mass is 445 g/mol. The van der Waals surface area contributed by atoms with E-state index >= 15 is 0 Å².